The number of aryl methyl sites for hydroxylation is 1. The molecule has 0 radical (unpaired) electrons. The zero-order valence-corrected chi connectivity index (χ0v) is 9.36. The van der Waals surface area contributed by atoms with Gasteiger partial charge in [0.05, 0.1) is 13.2 Å². The van der Waals surface area contributed by atoms with E-state index in [2.05, 4.69) is 0 Å². The third-order valence-electron chi connectivity index (χ3n) is 2.29. The highest BCUT2D eigenvalue weighted by Gasteiger charge is 2.16. The van der Waals surface area contributed by atoms with E-state index < -0.39 is 5.54 Å². The van der Waals surface area contributed by atoms with Gasteiger partial charge in [0.1, 0.15) is 5.75 Å². The minimum absolute atomic E-state index is 0.0236. The molecule has 3 N–H and O–H groups in total. The van der Waals surface area contributed by atoms with Gasteiger partial charge in [-0.05, 0) is 31.5 Å². The van der Waals surface area contributed by atoms with Gasteiger partial charge in [-0.15, -0.1) is 0 Å². The highest BCUT2D eigenvalue weighted by atomic mass is 16.5. The number of nitrogens with two attached hydrogens (primary N) is 1. The second-order valence-corrected chi connectivity index (χ2v) is 4.23. The smallest absolute Gasteiger partial charge is 0.119 e. The van der Waals surface area contributed by atoms with Crippen molar-refractivity contribution in [1.29, 1.82) is 0 Å². The standard InChI is InChI=1S/C12H19NO2/c1-10-4-3-5-11(8-10)15-7-6-12(2,13)9-14/h3-5,8,14H,6-7,9,13H2,1-2H3. The van der Waals surface area contributed by atoms with Crippen LogP contribution >= 0.6 is 0 Å². The van der Waals surface area contributed by atoms with Gasteiger partial charge >= 0.3 is 0 Å². The van der Waals surface area contributed by atoms with Crippen LogP contribution in [0.2, 0.25) is 0 Å². The Morgan fingerprint density at radius 1 is 1.47 bits per heavy atom. The third-order valence-corrected chi connectivity index (χ3v) is 2.29. The number of hydrogen-bond donors (Lipinski definition) is 2. The lowest BCUT2D eigenvalue weighted by Crippen LogP contribution is -2.41. The Labute approximate surface area is 90.9 Å². The fraction of sp³-hybridized carbons (Fsp3) is 0.500. The minimum atomic E-state index is -0.552. The molecule has 1 atom stereocenters. The molecule has 1 aromatic rings. The quantitative estimate of drug-likeness (QED) is 0.772. The summed E-state index contributed by atoms with van der Waals surface area (Å²) in [4.78, 5) is 0. The van der Waals surface area contributed by atoms with Gasteiger partial charge in [-0.2, -0.15) is 0 Å². The van der Waals surface area contributed by atoms with E-state index in [9.17, 15) is 0 Å². The van der Waals surface area contributed by atoms with Gasteiger partial charge in [0.25, 0.3) is 0 Å². The highest BCUT2D eigenvalue weighted by Crippen LogP contribution is 2.13. The maximum absolute atomic E-state index is 8.95. The van der Waals surface area contributed by atoms with Crippen molar-refractivity contribution in [3.63, 3.8) is 0 Å². The first-order valence-corrected chi connectivity index (χ1v) is 5.13. The zero-order chi connectivity index (χ0) is 11.3. The molecule has 3 heteroatoms. The van der Waals surface area contributed by atoms with Gasteiger partial charge in [-0.1, -0.05) is 12.1 Å². The number of rotatable bonds is 5. The molecule has 0 bridgehead atoms. The lowest BCUT2D eigenvalue weighted by Gasteiger charge is -2.21. The third kappa shape index (κ3) is 4.32. The lowest BCUT2D eigenvalue weighted by atomic mass is 10.0. The van der Waals surface area contributed by atoms with Crippen LogP contribution in [0.25, 0.3) is 0 Å². The molecule has 1 unspecified atom stereocenters. The molecule has 84 valence electrons. The van der Waals surface area contributed by atoms with E-state index in [4.69, 9.17) is 15.6 Å². The summed E-state index contributed by atoms with van der Waals surface area (Å²) < 4.78 is 5.53. The van der Waals surface area contributed by atoms with Crippen molar-refractivity contribution in [2.75, 3.05) is 13.2 Å². The van der Waals surface area contributed by atoms with E-state index in [1.54, 1.807) is 0 Å². The fourth-order valence-electron chi connectivity index (χ4n) is 1.19. The molecule has 0 spiro atoms. The molecule has 0 heterocycles. The van der Waals surface area contributed by atoms with E-state index in [1.807, 2.05) is 38.1 Å². The molecule has 3 nitrogen and oxygen atoms in total. The average molecular weight is 209 g/mol. The van der Waals surface area contributed by atoms with Crippen LogP contribution in [-0.2, 0) is 0 Å². The lowest BCUT2D eigenvalue weighted by molar-refractivity contribution is 0.175. The molecule has 0 amide bonds. The van der Waals surface area contributed by atoms with Crippen molar-refractivity contribution in [1.82, 2.24) is 0 Å². The van der Waals surface area contributed by atoms with Crippen molar-refractivity contribution in [3.8, 4) is 5.75 Å². The first-order chi connectivity index (χ1) is 7.03. The normalized spacial score (nSPS) is 14.7. The summed E-state index contributed by atoms with van der Waals surface area (Å²) in [6.45, 7) is 4.33. The van der Waals surface area contributed by atoms with Crippen molar-refractivity contribution in [2.24, 2.45) is 5.73 Å². The Morgan fingerprint density at radius 3 is 2.80 bits per heavy atom. The molecule has 1 rings (SSSR count). The van der Waals surface area contributed by atoms with E-state index in [-0.39, 0.29) is 6.61 Å². The van der Waals surface area contributed by atoms with Gasteiger partial charge in [0, 0.05) is 12.0 Å². The van der Waals surface area contributed by atoms with E-state index in [1.165, 1.54) is 5.56 Å². The zero-order valence-electron chi connectivity index (χ0n) is 9.36. The van der Waals surface area contributed by atoms with E-state index in [0.29, 0.717) is 13.0 Å². The van der Waals surface area contributed by atoms with Crippen LogP contribution in [0.5, 0.6) is 5.75 Å². The number of aliphatic hydroxyl groups is 1. The molecule has 0 saturated carbocycles. The van der Waals surface area contributed by atoms with Crippen LogP contribution in [0, 0.1) is 6.92 Å². The minimum Gasteiger partial charge on any atom is -0.494 e. The second kappa shape index (κ2) is 5.14. The van der Waals surface area contributed by atoms with Crippen LogP contribution in [0.3, 0.4) is 0 Å². The number of hydrogen-bond acceptors (Lipinski definition) is 3. The van der Waals surface area contributed by atoms with Crippen LogP contribution in [-0.4, -0.2) is 23.9 Å². The molecule has 0 aliphatic rings. The van der Waals surface area contributed by atoms with Crippen LogP contribution in [0.4, 0.5) is 0 Å². The summed E-state index contributed by atoms with van der Waals surface area (Å²) in [6, 6.07) is 7.87. The summed E-state index contributed by atoms with van der Waals surface area (Å²) in [5, 5.41) is 8.95. The van der Waals surface area contributed by atoms with Gasteiger partial charge in [-0.3, -0.25) is 0 Å². The highest BCUT2D eigenvalue weighted by molar-refractivity contribution is 5.27. The van der Waals surface area contributed by atoms with E-state index in [0.717, 1.165) is 5.75 Å². The van der Waals surface area contributed by atoms with Crippen molar-refractivity contribution < 1.29 is 9.84 Å². The Balaban J connectivity index is 2.38. The molecular weight excluding hydrogens is 190 g/mol. The monoisotopic (exact) mass is 209 g/mol. The molecule has 0 saturated heterocycles. The van der Waals surface area contributed by atoms with Crippen molar-refractivity contribution >= 4 is 0 Å². The topological polar surface area (TPSA) is 55.5 Å². The first-order valence-electron chi connectivity index (χ1n) is 5.13. The molecule has 0 aliphatic carbocycles. The molecular formula is C12H19NO2. The summed E-state index contributed by atoms with van der Waals surface area (Å²) in [5.74, 6) is 0.851. The Morgan fingerprint density at radius 2 is 2.20 bits per heavy atom. The number of ether oxygens (including phenoxy) is 1. The van der Waals surface area contributed by atoms with E-state index >= 15 is 0 Å². The Bertz CT molecular complexity index is 310. The van der Waals surface area contributed by atoms with Crippen molar-refractivity contribution in [2.45, 2.75) is 25.8 Å². The van der Waals surface area contributed by atoms with Gasteiger partial charge in [0.2, 0.25) is 0 Å². The predicted octanol–water partition coefficient (Wildman–Crippen LogP) is 1.47. The largest absolute Gasteiger partial charge is 0.494 e. The SMILES string of the molecule is Cc1cccc(OCCC(C)(N)CO)c1. The second-order valence-electron chi connectivity index (χ2n) is 4.23. The first kappa shape index (κ1) is 12.0. The maximum atomic E-state index is 8.95. The summed E-state index contributed by atoms with van der Waals surface area (Å²) in [5.41, 5.74) is 6.40. The summed E-state index contributed by atoms with van der Waals surface area (Å²) >= 11 is 0. The number of aliphatic hydroxyl groups excluding tert-OH is 1. The summed E-state index contributed by atoms with van der Waals surface area (Å²) in [6.07, 6.45) is 0.636. The molecule has 0 fully saturated rings. The molecule has 0 aromatic heterocycles. The van der Waals surface area contributed by atoms with Gasteiger partial charge < -0.3 is 15.6 Å². The Hall–Kier alpha value is -1.06. The summed E-state index contributed by atoms with van der Waals surface area (Å²) in [7, 11) is 0. The maximum Gasteiger partial charge on any atom is 0.119 e. The molecule has 1 aromatic carbocycles. The van der Waals surface area contributed by atoms with Gasteiger partial charge in [-0.25, -0.2) is 0 Å². The van der Waals surface area contributed by atoms with Crippen molar-refractivity contribution in [3.05, 3.63) is 29.8 Å². The fourth-order valence-corrected chi connectivity index (χ4v) is 1.19. The van der Waals surface area contributed by atoms with Crippen LogP contribution in [0.15, 0.2) is 24.3 Å². The average Bonchev–Trinajstić information content (AvgIpc) is 2.18. The Kier molecular flexibility index (Phi) is 4.12. The predicted molar refractivity (Wildman–Crippen MR) is 61.0 cm³/mol. The molecule has 0 aliphatic heterocycles. The molecule has 15 heavy (non-hydrogen) atoms. The van der Waals surface area contributed by atoms with Crippen LogP contribution < -0.4 is 10.5 Å². The number of benzene rings is 1. The van der Waals surface area contributed by atoms with Crippen LogP contribution in [0.1, 0.15) is 18.9 Å². The van der Waals surface area contributed by atoms with Gasteiger partial charge in [0.15, 0.2) is 0 Å².